The summed E-state index contributed by atoms with van der Waals surface area (Å²) in [5.41, 5.74) is 3.76. The molecule has 0 radical (unpaired) electrons. The third-order valence-electron chi connectivity index (χ3n) is 2.10. The minimum atomic E-state index is -0.0810. The molecule has 6 heteroatoms. The van der Waals surface area contributed by atoms with Gasteiger partial charge in [0, 0.05) is 21.7 Å². The molecule has 0 aliphatic heterocycles. The van der Waals surface area contributed by atoms with E-state index in [1.54, 1.807) is 12.4 Å². The minimum absolute atomic E-state index is 0.0810. The van der Waals surface area contributed by atoms with Crippen LogP contribution in [0.15, 0.2) is 35.1 Å². The highest BCUT2D eigenvalue weighted by atomic mass is 79.9. The van der Waals surface area contributed by atoms with E-state index in [0.717, 1.165) is 19.2 Å². The van der Waals surface area contributed by atoms with Gasteiger partial charge in [-0.2, -0.15) is 0 Å². The Kier molecular flexibility index (Phi) is 3.94. The van der Waals surface area contributed by atoms with Crippen LogP contribution in [0.3, 0.4) is 0 Å². The van der Waals surface area contributed by atoms with E-state index in [4.69, 9.17) is 17.4 Å². The van der Waals surface area contributed by atoms with E-state index >= 15 is 0 Å². The lowest BCUT2D eigenvalue weighted by Gasteiger charge is -2.14. The normalized spacial score (nSPS) is 12.7. The van der Waals surface area contributed by atoms with Crippen molar-refractivity contribution in [3.63, 3.8) is 0 Å². The van der Waals surface area contributed by atoms with Crippen molar-refractivity contribution in [3.05, 3.63) is 49.8 Å². The van der Waals surface area contributed by atoms with Gasteiger partial charge in [-0.15, -0.1) is 11.3 Å². The molecule has 0 spiro atoms. The number of halogens is 2. The Morgan fingerprint density at radius 2 is 2.25 bits per heavy atom. The number of aromatic nitrogens is 1. The predicted octanol–water partition coefficient (Wildman–Crippen LogP) is 3.11. The highest BCUT2D eigenvalue weighted by molar-refractivity contribution is 9.10. The van der Waals surface area contributed by atoms with Gasteiger partial charge in [0.15, 0.2) is 0 Å². The van der Waals surface area contributed by atoms with Crippen LogP contribution in [-0.4, -0.2) is 4.98 Å². The smallest absolute Gasteiger partial charge is 0.0931 e. The first-order valence-electron chi connectivity index (χ1n) is 4.52. The van der Waals surface area contributed by atoms with E-state index in [1.807, 2.05) is 18.2 Å². The van der Waals surface area contributed by atoms with Crippen LogP contribution < -0.4 is 11.3 Å². The average molecular weight is 319 g/mol. The molecule has 16 heavy (non-hydrogen) atoms. The quantitative estimate of drug-likeness (QED) is 0.675. The number of pyridine rings is 1. The van der Waals surface area contributed by atoms with Gasteiger partial charge in [-0.05, 0) is 39.7 Å². The maximum atomic E-state index is 5.91. The van der Waals surface area contributed by atoms with Crippen molar-refractivity contribution >= 4 is 38.9 Å². The van der Waals surface area contributed by atoms with Crippen LogP contribution in [-0.2, 0) is 0 Å². The van der Waals surface area contributed by atoms with Crippen molar-refractivity contribution in [2.75, 3.05) is 0 Å². The molecule has 0 saturated heterocycles. The second-order valence-electron chi connectivity index (χ2n) is 3.18. The van der Waals surface area contributed by atoms with E-state index in [9.17, 15) is 0 Å². The Morgan fingerprint density at radius 1 is 1.44 bits per heavy atom. The van der Waals surface area contributed by atoms with Crippen LogP contribution in [0.25, 0.3) is 0 Å². The molecule has 3 nitrogen and oxygen atoms in total. The summed E-state index contributed by atoms with van der Waals surface area (Å²) in [5.74, 6) is 5.57. The van der Waals surface area contributed by atoms with Crippen molar-refractivity contribution < 1.29 is 0 Å². The second kappa shape index (κ2) is 5.25. The van der Waals surface area contributed by atoms with E-state index in [0.29, 0.717) is 0 Å². The molecule has 0 aliphatic carbocycles. The van der Waals surface area contributed by atoms with Gasteiger partial charge in [0.25, 0.3) is 0 Å². The van der Waals surface area contributed by atoms with Crippen molar-refractivity contribution in [1.82, 2.24) is 10.4 Å². The van der Waals surface area contributed by atoms with Gasteiger partial charge in [0.2, 0.25) is 0 Å². The lowest BCUT2D eigenvalue weighted by molar-refractivity contribution is 0.644. The summed E-state index contributed by atoms with van der Waals surface area (Å²) < 4.78 is 1.67. The van der Waals surface area contributed by atoms with Crippen LogP contribution in [0, 0.1) is 0 Å². The molecule has 84 valence electrons. The molecule has 2 heterocycles. The Hall–Kier alpha value is -0.460. The molecule has 0 fully saturated rings. The molecule has 0 saturated carbocycles. The Bertz CT molecular complexity index is 488. The summed E-state index contributed by atoms with van der Waals surface area (Å²) in [6.45, 7) is 0. The lowest BCUT2D eigenvalue weighted by Crippen LogP contribution is -2.28. The first kappa shape index (κ1) is 12.0. The molecule has 3 N–H and O–H groups in total. The average Bonchev–Trinajstić information content (AvgIpc) is 2.66. The van der Waals surface area contributed by atoms with Crippen LogP contribution in [0.1, 0.15) is 16.5 Å². The molecule has 2 aromatic heterocycles. The fourth-order valence-electron chi connectivity index (χ4n) is 1.41. The number of hydrogen-bond acceptors (Lipinski definition) is 4. The lowest BCUT2D eigenvalue weighted by atomic mass is 10.1. The molecular formula is C10H9BrClN3S. The highest BCUT2D eigenvalue weighted by Crippen LogP contribution is 2.30. The molecule has 1 unspecified atom stereocenters. The largest absolute Gasteiger partial charge is 0.271 e. The molecule has 1 atom stereocenters. The first-order valence-corrected chi connectivity index (χ1v) is 6.51. The number of hydrogen-bond donors (Lipinski definition) is 2. The van der Waals surface area contributed by atoms with Gasteiger partial charge in [-0.25, -0.2) is 5.43 Å². The molecular weight excluding hydrogens is 310 g/mol. The Labute approximate surface area is 111 Å². The molecule has 2 rings (SSSR count). The van der Waals surface area contributed by atoms with Crippen molar-refractivity contribution in [3.8, 4) is 0 Å². The second-order valence-corrected chi connectivity index (χ2v) is 5.84. The van der Waals surface area contributed by atoms with E-state index in [1.165, 1.54) is 11.3 Å². The third-order valence-corrected chi connectivity index (χ3v) is 3.83. The zero-order chi connectivity index (χ0) is 11.5. The first-order chi connectivity index (χ1) is 7.70. The number of thiophene rings is 1. The zero-order valence-corrected chi connectivity index (χ0v) is 11.3. The number of nitrogens with zero attached hydrogens (tertiary/aromatic N) is 1. The number of nitrogens with two attached hydrogens (primary N) is 1. The monoisotopic (exact) mass is 317 g/mol. The van der Waals surface area contributed by atoms with Crippen molar-refractivity contribution in [2.45, 2.75) is 6.04 Å². The summed E-state index contributed by atoms with van der Waals surface area (Å²) in [4.78, 5) is 5.18. The summed E-state index contributed by atoms with van der Waals surface area (Å²) in [5, 5.41) is 0. The Morgan fingerprint density at radius 3 is 2.81 bits per heavy atom. The fraction of sp³-hybridized carbons (Fsp3) is 0.100. The molecule has 2 aromatic rings. The predicted molar refractivity (Wildman–Crippen MR) is 70.4 cm³/mol. The van der Waals surface area contributed by atoms with E-state index < -0.39 is 0 Å². The standard InChI is InChI=1S/C10H9BrClN3S/c11-7-3-6(4-14-5-7)10(15-13)8-1-2-9(12)16-8/h1-5,10,15H,13H2. The van der Waals surface area contributed by atoms with Gasteiger partial charge >= 0.3 is 0 Å². The van der Waals surface area contributed by atoms with Gasteiger partial charge in [-0.3, -0.25) is 10.8 Å². The van der Waals surface area contributed by atoms with Crippen molar-refractivity contribution in [2.24, 2.45) is 5.84 Å². The highest BCUT2D eigenvalue weighted by Gasteiger charge is 2.15. The summed E-state index contributed by atoms with van der Waals surface area (Å²) in [7, 11) is 0. The topological polar surface area (TPSA) is 50.9 Å². The van der Waals surface area contributed by atoms with Gasteiger partial charge < -0.3 is 0 Å². The van der Waals surface area contributed by atoms with Gasteiger partial charge in [0.05, 0.1) is 10.4 Å². The third kappa shape index (κ3) is 2.61. The number of hydrazine groups is 1. The summed E-state index contributed by atoms with van der Waals surface area (Å²) in [6, 6.07) is 5.71. The fourth-order valence-corrected chi connectivity index (χ4v) is 2.94. The molecule has 0 aliphatic rings. The summed E-state index contributed by atoms with van der Waals surface area (Å²) >= 11 is 10.8. The molecule has 0 bridgehead atoms. The van der Waals surface area contributed by atoms with Crippen LogP contribution >= 0.6 is 38.9 Å². The van der Waals surface area contributed by atoms with E-state index in [2.05, 4.69) is 26.3 Å². The molecule has 0 aromatic carbocycles. The zero-order valence-electron chi connectivity index (χ0n) is 8.15. The SMILES string of the molecule is NNC(c1cncc(Br)c1)c1ccc(Cl)s1. The minimum Gasteiger partial charge on any atom is -0.271 e. The summed E-state index contributed by atoms with van der Waals surface area (Å²) in [6.07, 6.45) is 3.52. The van der Waals surface area contributed by atoms with Crippen LogP contribution in [0.4, 0.5) is 0 Å². The van der Waals surface area contributed by atoms with Crippen LogP contribution in [0.2, 0.25) is 4.34 Å². The van der Waals surface area contributed by atoms with Crippen molar-refractivity contribution in [1.29, 1.82) is 0 Å². The van der Waals surface area contributed by atoms with Gasteiger partial charge in [-0.1, -0.05) is 11.6 Å². The maximum Gasteiger partial charge on any atom is 0.0931 e. The van der Waals surface area contributed by atoms with E-state index in [-0.39, 0.29) is 6.04 Å². The Balaban J connectivity index is 2.36. The number of rotatable bonds is 3. The molecule has 0 amide bonds. The number of nitrogens with one attached hydrogen (secondary N) is 1. The van der Waals surface area contributed by atoms with Crippen LogP contribution in [0.5, 0.6) is 0 Å². The van der Waals surface area contributed by atoms with Gasteiger partial charge in [0.1, 0.15) is 0 Å². The maximum absolute atomic E-state index is 5.91.